The van der Waals surface area contributed by atoms with E-state index >= 15 is 0 Å². The van der Waals surface area contributed by atoms with Crippen LogP contribution >= 0.6 is 47.2 Å². The van der Waals surface area contributed by atoms with Crippen LogP contribution in [0.15, 0.2) is 47.5 Å². The highest BCUT2D eigenvalue weighted by Crippen LogP contribution is 2.20. The Labute approximate surface area is 198 Å². The van der Waals surface area contributed by atoms with Crippen LogP contribution in [0.4, 0.5) is 0 Å². The highest BCUT2D eigenvalue weighted by Gasteiger charge is 2.07. The van der Waals surface area contributed by atoms with Crippen LogP contribution in [-0.4, -0.2) is 44.5 Å². The molecule has 0 aliphatic heterocycles. The second-order valence-corrected chi connectivity index (χ2v) is 7.09. The average molecular weight is 551 g/mol. The fourth-order valence-corrected chi connectivity index (χ4v) is 2.71. The highest BCUT2D eigenvalue weighted by molar-refractivity contribution is 14.0. The van der Waals surface area contributed by atoms with E-state index in [2.05, 4.69) is 15.6 Å². The molecule has 158 valence electrons. The number of rotatable bonds is 7. The smallest absolute Gasteiger partial charge is 0.241 e. The molecule has 0 heterocycles. The Morgan fingerprint density at radius 3 is 2.38 bits per heavy atom. The van der Waals surface area contributed by atoms with E-state index in [1.807, 2.05) is 30.3 Å². The Kier molecular flexibility index (Phi) is 11.2. The first kappa shape index (κ1) is 25.3. The van der Waals surface area contributed by atoms with Gasteiger partial charge in [-0.1, -0.05) is 41.4 Å². The summed E-state index contributed by atoms with van der Waals surface area (Å²) in [6.07, 6.45) is 0. The minimum Gasteiger partial charge on any atom is -0.497 e. The molecule has 0 bridgehead atoms. The minimum absolute atomic E-state index is 0. The zero-order chi connectivity index (χ0) is 20.5. The number of nitrogens with zero attached hydrogens (tertiary/aromatic N) is 2. The van der Waals surface area contributed by atoms with E-state index in [9.17, 15) is 4.79 Å². The number of nitrogens with one attached hydrogen (secondary N) is 2. The molecule has 0 fully saturated rings. The van der Waals surface area contributed by atoms with Gasteiger partial charge in [0.1, 0.15) is 5.75 Å². The molecule has 0 aliphatic rings. The summed E-state index contributed by atoms with van der Waals surface area (Å²) in [5.74, 6) is 1.25. The lowest BCUT2D eigenvalue weighted by Gasteiger charge is -2.15. The van der Waals surface area contributed by atoms with Crippen molar-refractivity contribution in [3.63, 3.8) is 0 Å². The summed E-state index contributed by atoms with van der Waals surface area (Å²) in [5.41, 5.74) is 1.90. The number of carbonyl (C=O) groups is 1. The fraction of sp³-hybridized carbons (Fsp3) is 0.300. The number of likely N-dealkylation sites (N-methyl/N-ethyl adjacent to an activating group) is 1. The van der Waals surface area contributed by atoms with Crippen molar-refractivity contribution in [3.05, 3.63) is 63.6 Å². The predicted molar refractivity (Wildman–Crippen MR) is 130 cm³/mol. The number of guanidine groups is 1. The van der Waals surface area contributed by atoms with Gasteiger partial charge in [0, 0.05) is 30.7 Å². The predicted octanol–water partition coefficient (Wildman–Crippen LogP) is 3.94. The van der Waals surface area contributed by atoms with Crippen LogP contribution in [0.5, 0.6) is 5.75 Å². The number of amides is 1. The number of hydrogen-bond donors (Lipinski definition) is 2. The lowest BCUT2D eigenvalue weighted by Crippen LogP contribution is -2.42. The fourth-order valence-electron chi connectivity index (χ4n) is 2.24. The minimum atomic E-state index is -0.0523. The van der Waals surface area contributed by atoms with Gasteiger partial charge in [0.25, 0.3) is 0 Å². The molecule has 0 aromatic heterocycles. The van der Waals surface area contributed by atoms with Crippen molar-refractivity contribution in [1.29, 1.82) is 0 Å². The molecule has 0 spiro atoms. The topological polar surface area (TPSA) is 66.0 Å². The van der Waals surface area contributed by atoms with Crippen molar-refractivity contribution in [2.24, 2.45) is 4.99 Å². The van der Waals surface area contributed by atoms with Crippen LogP contribution in [0.1, 0.15) is 11.1 Å². The van der Waals surface area contributed by atoms with Crippen molar-refractivity contribution >= 4 is 59.0 Å². The lowest BCUT2D eigenvalue weighted by molar-refractivity contribution is -0.127. The first-order chi connectivity index (χ1) is 13.4. The summed E-state index contributed by atoms with van der Waals surface area (Å²) in [7, 11) is 5.04. The number of benzene rings is 2. The molecule has 29 heavy (non-hydrogen) atoms. The number of hydrogen-bond acceptors (Lipinski definition) is 3. The van der Waals surface area contributed by atoms with Crippen LogP contribution in [0.3, 0.4) is 0 Å². The van der Waals surface area contributed by atoms with E-state index in [1.165, 1.54) is 4.90 Å². The molecule has 9 heteroatoms. The molecule has 0 unspecified atom stereocenters. The largest absolute Gasteiger partial charge is 0.497 e. The third-order valence-corrected chi connectivity index (χ3v) is 4.53. The van der Waals surface area contributed by atoms with Crippen molar-refractivity contribution in [2.75, 3.05) is 27.7 Å². The van der Waals surface area contributed by atoms with Crippen LogP contribution in [-0.2, 0) is 17.9 Å². The second kappa shape index (κ2) is 12.8. The van der Waals surface area contributed by atoms with Gasteiger partial charge in [0.05, 0.1) is 20.2 Å². The molecule has 0 aliphatic carbocycles. The Bertz CT molecular complexity index is 830. The monoisotopic (exact) mass is 550 g/mol. The maximum Gasteiger partial charge on any atom is 0.241 e. The normalized spacial score (nSPS) is 10.7. The van der Waals surface area contributed by atoms with Gasteiger partial charge in [-0.2, -0.15) is 0 Å². The first-order valence-corrected chi connectivity index (χ1v) is 9.44. The van der Waals surface area contributed by atoms with E-state index in [4.69, 9.17) is 27.9 Å². The van der Waals surface area contributed by atoms with E-state index in [-0.39, 0.29) is 36.4 Å². The lowest BCUT2D eigenvalue weighted by atomic mass is 10.2. The van der Waals surface area contributed by atoms with Gasteiger partial charge in [-0.05, 0) is 35.4 Å². The quantitative estimate of drug-likeness (QED) is 0.311. The van der Waals surface area contributed by atoms with Crippen molar-refractivity contribution < 1.29 is 9.53 Å². The summed E-state index contributed by atoms with van der Waals surface area (Å²) >= 11 is 12.2. The second-order valence-electron chi connectivity index (χ2n) is 6.24. The molecule has 0 radical (unpaired) electrons. The van der Waals surface area contributed by atoms with Crippen LogP contribution in [0, 0.1) is 0 Å². The number of methoxy groups -OCH3 is 1. The van der Waals surface area contributed by atoms with Gasteiger partial charge in [-0.25, -0.2) is 4.99 Å². The molecule has 0 saturated heterocycles. The standard InChI is InChI=1S/C20H24Cl2N4O2.HI/c1-26(2)19(27)13-25-20(23-11-14-4-8-17(28-3)9-5-14)24-12-15-6-7-16(21)10-18(15)22;/h4-10H,11-13H2,1-3H3,(H2,23,24,25);1H. The van der Waals surface area contributed by atoms with Crippen LogP contribution < -0.4 is 15.4 Å². The SMILES string of the molecule is COc1ccc(CN=C(NCC(=O)N(C)C)NCc2ccc(Cl)cc2Cl)cc1.I. The summed E-state index contributed by atoms with van der Waals surface area (Å²) in [4.78, 5) is 18.0. The number of ether oxygens (including phenoxy) is 1. The maximum atomic E-state index is 11.9. The molecule has 6 nitrogen and oxygen atoms in total. The molecule has 2 aromatic rings. The molecule has 0 saturated carbocycles. The summed E-state index contributed by atoms with van der Waals surface area (Å²) in [5, 5.41) is 7.40. The Hall–Kier alpha value is -1.71. The van der Waals surface area contributed by atoms with E-state index in [0.29, 0.717) is 29.1 Å². The number of carbonyl (C=O) groups excluding carboxylic acids is 1. The molecule has 2 rings (SSSR count). The Balaban J connectivity index is 0.00000420. The highest BCUT2D eigenvalue weighted by atomic mass is 127. The van der Waals surface area contributed by atoms with Crippen LogP contribution in [0.25, 0.3) is 0 Å². The third-order valence-electron chi connectivity index (χ3n) is 3.95. The van der Waals surface area contributed by atoms with Gasteiger partial charge < -0.3 is 20.3 Å². The van der Waals surface area contributed by atoms with E-state index in [1.54, 1.807) is 33.3 Å². The summed E-state index contributed by atoms with van der Waals surface area (Å²) in [6.45, 7) is 1.03. The third kappa shape index (κ3) is 8.67. The molecule has 2 aromatic carbocycles. The molecular weight excluding hydrogens is 526 g/mol. The molecule has 0 atom stereocenters. The van der Waals surface area contributed by atoms with Crippen molar-refractivity contribution in [1.82, 2.24) is 15.5 Å². The van der Waals surface area contributed by atoms with Crippen LogP contribution in [0.2, 0.25) is 10.0 Å². The van der Waals surface area contributed by atoms with E-state index < -0.39 is 0 Å². The zero-order valence-electron chi connectivity index (χ0n) is 16.5. The van der Waals surface area contributed by atoms with Crippen molar-refractivity contribution in [2.45, 2.75) is 13.1 Å². The average Bonchev–Trinajstić information content (AvgIpc) is 2.68. The maximum absolute atomic E-state index is 11.9. The van der Waals surface area contributed by atoms with E-state index in [0.717, 1.165) is 16.9 Å². The Morgan fingerprint density at radius 1 is 1.10 bits per heavy atom. The zero-order valence-corrected chi connectivity index (χ0v) is 20.4. The van der Waals surface area contributed by atoms with Gasteiger partial charge >= 0.3 is 0 Å². The number of halogens is 3. The molecular formula is C20H25Cl2IN4O2. The molecule has 2 N–H and O–H groups in total. The molecule has 1 amide bonds. The Morgan fingerprint density at radius 2 is 1.79 bits per heavy atom. The summed E-state index contributed by atoms with van der Waals surface area (Å²) < 4.78 is 5.16. The van der Waals surface area contributed by atoms with Crippen molar-refractivity contribution in [3.8, 4) is 5.75 Å². The van der Waals surface area contributed by atoms with Gasteiger partial charge in [-0.15, -0.1) is 24.0 Å². The first-order valence-electron chi connectivity index (χ1n) is 8.68. The van der Waals surface area contributed by atoms with Gasteiger partial charge in [0.2, 0.25) is 5.91 Å². The van der Waals surface area contributed by atoms with Gasteiger partial charge in [0.15, 0.2) is 5.96 Å². The summed E-state index contributed by atoms with van der Waals surface area (Å²) in [6, 6.07) is 13.0. The van der Waals surface area contributed by atoms with Gasteiger partial charge in [-0.3, -0.25) is 4.79 Å². The number of aliphatic imine (C=N–C) groups is 1.